The minimum Gasteiger partial charge on any atom is -0.493 e. The molecule has 0 bridgehead atoms. The third kappa shape index (κ3) is 5.98. The Morgan fingerprint density at radius 2 is 1.79 bits per heavy atom. The molecule has 1 aliphatic heterocycles. The molecule has 0 unspecified atom stereocenters. The van der Waals surface area contributed by atoms with Gasteiger partial charge in [-0.3, -0.25) is 4.90 Å². The summed E-state index contributed by atoms with van der Waals surface area (Å²) in [6, 6.07) is 13.2. The number of nitrogens with zero attached hydrogens (tertiary/aromatic N) is 4. The Balaban J connectivity index is 1.36. The fourth-order valence-electron chi connectivity index (χ4n) is 4.00. The number of piperidine rings is 1. The second-order valence-electron chi connectivity index (χ2n) is 8.14. The SMILES string of the molecule is COc1cc(-c2noc(CN(C)Cc3ccc(N4CCCCC4)cc3)n2)ccc1OC(F)F. The van der Waals surface area contributed by atoms with Crippen molar-refractivity contribution in [2.75, 3.05) is 32.1 Å². The van der Waals surface area contributed by atoms with Crippen molar-refractivity contribution in [2.24, 2.45) is 0 Å². The first-order chi connectivity index (χ1) is 16.0. The van der Waals surface area contributed by atoms with Gasteiger partial charge in [0, 0.05) is 30.9 Å². The number of benzene rings is 2. The fraction of sp³-hybridized carbons (Fsp3) is 0.417. The summed E-state index contributed by atoms with van der Waals surface area (Å²) in [5.74, 6) is 0.936. The Hall–Kier alpha value is -3.20. The first-order valence-electron chi connectivity index (χ1n) is 11.0. The standard InChI is InChI=1S/C24H28F2N4O3/c1-29(15-17-6-9-19(10-7-17)30-12-4-3-5-13-30)16-22-27-23(28-33-22)18-8-11-20(32-24(25)26)21(14-18)31-2/h6-11,14,24H,3-5,12-13,15-16H2,1-2H3. The van der Waals surface area contributed by atoms with Gasteiger partial charge >= 0.3 is 6.61 Å². The summed E-state index contributed by atoms with van der Waals surface area (Å²) < 4.78 is 40.0. The Bertz CT molecular complexity index is 1040. The molecule has 7 nitrogen and oxygen atoms in total. The van der Waals surface area contributed by atoms with Crippen molar-refractivity contribution in [1.82, 2.24) is 15.0 Å². The van der Waals surface area contributed by atoms with E-state index < -0.39 is 6.61 Å². The molecule has 1 fully saturated rings. The van der Waals surface area contributed by atoms with Gasteiger partial charge in [-0.15, -0.1) is 0 Å². The minimum absolute atomic E-state index is 0.0500. The van der Waals surface area contributed by atoms with Crippen molar-refractivity contribution < 1.29 is 22.8 Å². The van der Waals surface area contributed by atoms with Crippen LogP contribution in [0.2, 0.25) is 0 Å². The van der Waals surface area contributed by atoms with Crippen LogP contribution in [0.4, 0.5) is 14.5 Å². The molecule has 0 radical (unpaired) electrons. The van der Waals surface area contributed by atoms with Crippen LogP contribution in [0, 0.1) is 0 Å². The first kappa shape index (κ1) is 23.0. The van der Waals surface area contributed by atoms with E-state index in [4.69, 9.17) is 9.26 Å². The molecular weight excluding hydrogens is 430 g/mol. The van der Waals surface area contributed by atoms with E-state index in [2.05, 4.69) is 48.9 Å². The zero-order valence-electron chi connectivity index (χ0n) is 18.8. The quantitative estimate of drug-likeness (QED) is 0.449. The van der Waals surface area contributed by atoms with Crippen LogP contribution in [-0.2, 0) is 13.1 Å². The summed E-state index contributed by atoms with van der Waals surface area (Å²) in [6.45, 7) is 0.549. The van der Waals surface area contributed by atoms with E-state index in [0.29, 0.717) is 23.8 Å². The lowest BCUT2D eigenvalue weighted by Gasteiger charge is -2.29. The predicted octanol–water partition coefficient (Wildman–Crippen LogP) is 4.97. The van der Waals surface area contributed by atoms with Gasteiger partial charge in [0.2, 0.25) is 11.7 Å². The molecule has 2 aromatic carbocycles. The van der Waals surface area contributed by atoms with Crippen LogP contribution in [0.3, 0.4) is 0 Å². The Morgan fingerprint density at radius 3 is 2.48 bits per heavy atom. The number of hydrogen-bond donors (Lipinski definition) is 0. The molecule has 1 aromatic heterocycles. The number of methoxy groups -OCH3 is 1. The maximum absolute atomic E-state index is 12.5. The van der Waals surface area contributed by atoms with Crippen LogP contribution in [0.15, 0.2) is 47.0 Å². The van der Waals surface area contributed by atoms with Crippen LogP contribution in [0.25, 0.3) is 11.4 Å². The van der Waals surface area contributed by atoms with Crippen molar-refractivity contribution in [3.8, 4) is 22.9 Å². The molecule has 0 atom stereocenters. The molecule has 0 amide bonds. The largest absolute Gasteiger partial charge is 0.493 e. The molecule has 33 heavy (non-hydrogen) atoms. The van der Waals surface area contributed by atoms with Crippen LogP contribution >= 0.6 is 0 Å². The molecule has 3 aromatic rings. The Morgan fingerprint density at radius 1 is 1.03 bits per heavy atom. The highest BCUT2D eigenvalue weighted by Gasteiger charge is 2.16. The van der Waals surface area contributed by atoms with E-state index in [-0.39, 0.29) is 11.5 Å². The van der Waals surface area contributed by atoms with E-state index in [0.717, 1.165) is 19.6 Å². The van der Waals surface area contributed by atoms with Gasteiger partial charge in [0.15, 0.2) is 11.5 Å². The second-order valence-corrected chi connectivity index (χ2v) is 8.14. The number of ether oxygens (including phenoxy) is 2. The lowest BCUT2D eigenvalue weighted by molar-refractivity contribution is -0.0512. The van der Waals surface area contributed by atoms with E-state index in [1.807, 2.05) is 7.05 Å². The summed E-state index contributed by atoms with van der Waals surface area (Å²) in [5, 5.41) is 4.01. The maximum atomic E-state index is 12.5. The van der Waals surface area contributed by atoms with Crippen LogP contribution in [0.1, 0.15) is 30.7 Å². The molecule has 2 heterocycles. The summed E-state index contributed by atoms with van der Waals surface area (Å²) in [5.41, 5.74) is 3.07. The normalized spacial score (nSPS) is 14.2. The number of aromatic nitrogens is 2. The smallest absolute Gasteiger partial charge is 0.387 e. The predicted molar refractivity (Wildman–Crippen MR) is 121 cm³/mol. The fourth-order valence-corrected chi connectivity index (χ4v) is 4.00. The van der Waals surface area contributed by atoms with Gasteiger partial charge in [-0.1, -0.05) is 17.3 Å². The van der Waals surface area contributed by atoms with Gasteiger partial charge in [0.1, 0.15) is 0 Å². The minimum atomic E-state index is -2.93. The number of halogens is 2. The zero-order valence-corrected chi connectivity index (χ0v) is 18.8. The van der Waals surface area contributed by atoms with Gasteiger partial charge in [0.25, 0.3) is 0 Å². The lowest BCUT2D eigenvalue weighted by Crippen LogP contribution is -2.29. The van der Waals surface area contributed by atoms with Crippen molar-refractivity contribution in [1.29, 1.82) is 0 Å². The highest BCUT2D eigenvalue weighted by atomic mass is 19.3. The molecule has 0 saturated carbocycles. The van der Waals surface area contributed by atoms with Crippen molar-refractivity contribution in [3.05, 3.63) is 53.9 Å². The molecular formula is C24H28F2N4O3. The first-order valence-corrected chi connectivity index (χ1v) is 11.0. The van der Waals surface area contributed by atoms with E-state index in [9.17, 15) is 8.78 Å². The van der Waals surface area contributed by atoms with Crippen LogP contribution < -0.4 is 14.4 Å². The topological polar surface area (TPSA) is 63.9 Å². The van der Waals surface area contributed by atoms with E-state index in [1.54, 1.807) is 12.1 Å². The average Bonchev–Trinajstić information content (AvgIpc) is 3.28. The molecule has 0 N–H and O–H groups in total. The van der Waals surface area contributed by atoms with Crippen molar-refractivity contribution >= 4 is 5.69 Å². The summed E-state index contributed by atoms with van der Waals surface area (Å²) in [6.07, 6.45) is 3.84. The highest BCUT2D eigenvalue weighted by Crippen LogP contribution is 2.32. The molecule has 0 aliphatic carbocycles. The van der Waals surface area contributed by atoms with Gasteiger partial charge in [-0.05, 0) is 62.2 Å². The van der Waals surface area contributed by atoms with Gasteiger partial charge < -0.3 is 18.9 Å². The molecule has 1 saturated heterocycles. The monoisotopic (exact) mass is 458 g/mol. The molecule has 0 spiro atoms. The molecule has 4 rings (SSSR count). The lowest BCUT2D eigenvalue weighted by atomic mass is 10.1. The second kappa shape index (κ2) is 10.6. The number of rotatable bonds is 9. The molecule has 9 heteroatoms. The third-order valence-corrected chi connectivity index (χ3v) is 5.62. The van der Waals surface area contributed by atoms with E-state index >= 15 is 0 Å². The summed E-state index contributed by atoms with van der Waals surface area (Å²) in [4.78, 5) is 8.97. The Kier molecular flexibility index (Phi) is 7.39. The zero-order chi connectivity index (χ0) is 23.2. The van der Waals surface area contributed by atoms with Crippen molar-refractivity contribution in [2.45, 2.75) is 39.0 Å². The van der Waals surface area contributed by atoms with Gasteiger partial charge in [-0.2, -0.15) is 13.8 Å². The summed E-state index contributed by atoms with van der Waals surface area (Å²) >= 11 is 0. The van der Waals surface area contributed by atoms with Gasteiger partial charge in [0.05, 0.1) is 13.7 Å². The number of anilines is 1. The van der Waals surface area contributed by atoms with Gasteiger partial charge in [-0.25, -0.2) is 0 Å². The molecule has 1 aliphatic rings. The highest BCUT2D eigenvalue weighted by molar-refractivity contribution is 5.60. The van der Waals surface area contributed by atoms with Crippen LogP contribution in [0.5, 0.6) is 11.5 Å². The average molecular weight is 459 g/mol. The Labute approximate surface area is 191 Å². The third-order valence-electron chi connectivity index (χ3n) is 5.62. The number of hydrogen-bond acceptors (Lipinski definition) is 7. The number of alkyl halides is 2. The van der Waals surface area contributed by atoms with Crippen LogP contribution in [-0.4, -0.2) is 48.9 Å². The van der Waals surface area contributed by atoms with E-state index in [1.165, 1.54) is 43.7 Å². The molecule has 176 valence electrons. The van der Waals surface area contributed by atoms with Crippen molar-refractivity contribution in [3.63, 3.8) is 0 Å². The summed E-state index contributed by atoms with van der Waals surface area (Å²) in [7, 11) is 3.37. The maximum Gasteiger partial charge on any atom is 0.387 e.